The first kappa shape index (κ1) is 16.6. The number of nitrogens with one attached hydrogen (secondary N) is 1. The van der Waals surface area contributed by atoms with Crippen LogP contribution in [0.15, 0.2) is 42.6 Å². The number of aryl methyl sites for hydroxylation is 2. The van der Waals surface area contributed by atoms with Crippen molar-refractivity contribution < 1.29 is 0 Å². The molecule has 2 nitrogen and oxygen atoms in total. The highest BCUT2D eigenvalue weighted by molar-refractivity contribution is 7.12. The third-order valence-corrected chi connectivity index (χ3v) is 6.39. The molecule has 0 unspecified atom stereocenters. The van der Waals surface area contributed by atoms with Gasteiger partial charge in [0.15, 0.2) is 0 Å². The molecule has 0 radical (unpaired) electrons. The normalized spacial score (nSPS) is 13.5. The number of pyridine rings is 1. The van der Waals surface area contributed by atoms with Crippen molar-refractivity contribution in [3.63, 3.8) is 0 Å². The van der Waals surface area contributed by atoms with Crippen molar-refractivity contribution in [2.75, 3.05) is 5.32 Å². The number of benzene rings is 1. The lowest BCUT2D eigenvalue weighted by atomic mass is 9.92. The maximum absolute atomic E-state index is 6.21. The Labute approximate surface area is 157 Å². The van der Waals surface area contributed by atoms with Crippen LogP contribution in [0.4, 0.5) is 5.82 Å². The molecule has 1 aliphatic rings. The van der Waals surface area contributed by atoms with Gasteiger partial charge in [0.25, 0.3) is 0 Å². The van der Waals surface area contributed by atoms with Crippen LogP contribution in [-0.2, 0) is 19.4 Å². The van der Waals surface area contributed by atoms with Crippen LogP contribution in [0.3, 0.4) is 0 Å². The standard InChI is InChI=1S/C21H21ClN2S/c1-14-21(17-7-3-5-9-19(17)25-14)16-10-11-20(24-13-16)23-12-15-6-2-4-8-18(15)22/h2,4,6,8,10-11,13H,3,5,7,9,12H2,1H3,(H,23,24). The Morgan fingerprint density at radius 3 is 2.76 bits per heavy atom. The molecule has 0 atom stereocenters. The molecule has 0 saturated carbocycles. The third kappa shape index (κ3) is 3.44. The van der Waals surface area contributed by atoms with Gasteiger partial charge < -0.3 is 5.32 Å². The summed E-state index contributed by atoms with van der Waals surface area (Å²) in [5.41, 5.74) is 5.30. The summed E-state index contributed by atoms with van der Waals surface area (Å²) in [5.74, 6) is 0.880. The van der Waals surface area contributed by atoms with Crippen LogP contribution in [0.1, 0.15) is 33.7 Å². The summed E-state index contributed by atoms with van der Waals surface area (Å²) >= 11 is 8.18. The largest absolute Gasteiger partial charge is 0.366 e. The molecule has 2 heterocycles. The van der Waals surface area contributed by atoms with Gasteiger partial charge >= 0.3 is 0 Å². The minimum absolute atomic E-state index is 0.679. The molecule has 1 N–H and O–H groups in total. The van der Waals surface area contributed by atoms with Gasteiger partial charge in [0, 0.05) is 38.6 Å². The van der Waals surface area contributed by atoms with E-state index in [-0.39, 0.29) is 0 Å². The van der Waals surface area contributed by atoms with E-state index in [0.717, 1.165) is 16.4 Å². The summed E-state index contributed by atoms with van der Waals surface area (Å²) in [7, 11) is 0. The van der Waals surface area contributed by atoms with Crippen LogP contribution < -0.4 is 5.32 Å². The molecule has 0 saturated heterocycles. The van der Waals surface area contributed by atoms with E-state index in [9.17, 15) is 0 Å². The van der Waals surface area contributed by atoms with E-state index in [2.05, 4.69) is 29.4 Å². The molecule has 4 heteroatoms. The number of aromatic nitrogens is 1. The zero-order chi connectivity index (χ0) is 17.2. The molecule has 4 rings (SSSR count). The first-order valence-corrected chi connectivity index (χ1v) is 9.96. The van der Waals surface area contributed by atoms with Crippen molar-refractivity contribution in [3.8, 4) is 11.1 Å². The van der Waals surface area contributed by atoms with E-state index in [1.807, 2.05) is 41.8 Å². The predicted octanol–water partition coefficient (Wildman–Crippen LogP) is 6.26. The number of nitrogens with zero attached hydrogens (tertiary/aromatic N) is 1. The number of hydrogen-bond acceptors (Lipinski definition) is 3. The Kier molecular flexibility index (Phi) is 4.78. The number of anilines is 1. The first-order chi connectivity index (χ1) is 12.2. The molecule has 128 valence electrons. The predicted molar refractivity (Wildman–Crippen MR) is 108 cm³/mol. The van der Waals surface area contributed by atoms with Crippen LogP contribution in [0.25, 0.3) is 11.1 Å². The smallest absolute Gasteiger partial charge is 0.126 e. The Balaban J connectivity index is 1.53. The lowest BCUT2D eigenvalue weighted by Gasteiger charge is -2.13. The molecule has 0 fully saturated rings. The van der Waals surface area contributed by atoms with E-state index in [0.29, 0.717) is 6.54 Å². The van der Waals surface area contributed by atoms with Crippen molar-refractivity contribution in [1.82, 2.24) is 4.98 Å². The maximum atomic E-state index is 6.21. The molecule has 0 aliphatic heterocycles. The third-order valence-electron chi connectivity index (χ3n) is 4.82. The van der Waals surface area contributed by atoms with Gasteiger partial charge in [0.05, 0.1) is 0 Å². The fourth-order valence-corrected chi connectivity index (χ4v) is 5.04. The Morgan fingerprint density at radius 1 is 1.12 bits per heavy atom. The Morgan fingerprint density at radius 2 is 1.96 bits per heavy atom. The highest BCUT2D eigenvalue weighted by atomic mass is 35.5. The quantitative estimate of drug-likeness (QED) is 0.587. The summed E-state index contributed by atoms with van der Waals surface area (Å²) in [5, 5.41) is 4.14. The summed E-state index contributed by atoms with van der Waals surface area (Å²) in [6.45, 7) is 2.92. The van der Waals surface area contributed by atoms with Gasteiger partial charge in [0.1, 0.15) is 5.82 Å². The fourth-order valence-electron chi connectivity index (χ4n) is 3.55. The number of rotatable bonds is 4. The molecule has 1 aliphatic carbocycles. The molecule has 1 aromatic carbocycles. The second-order valence-electron chi connectivity index (χ2n) is 6.52. The minimum Gasteiger partial charge on any atom is -0.366 e. The van der Waals surface area contributed by atoms with E-state index in [1.54, 1.807) is 10.4 Å². The number of fused-ring (bicyclic) bond motifs is 1. The van der Waals surface area contributed by atoms with Gasteiger partial charge in [-0.15, -0.1) is 11.3 Å². The highest BCUT2D eigenvalue weighted by Gasteiger charge is 2.19. The van der Waals surface area contributed by atoms with Gasteiger partial charge in [-0.05, 0) is 61.9 Å². The number of hydrogen-bond donors (Lipinski definition) is 1. The number of halogens is 1. The fraction of sp³-hybridized carbons (Fsp3) is 0.286. The first-order valence-electron chi connectivity index (χ1n) is 8.77. The van der Waals surface area contributed by atoms with E-state index in [4.69, 9.17) is 11.6 Å². The molecule has 0 spiro atoms. The molecular formula is C21H21ClN2S. The highest BCUT2D eigenvalue weighted by Crippen LogP contribution is 2.40. The van der Waals surface area contributed by atoms with Crippen molar-refractivity contribution in [1.29, 1.82) is 0 Å². The van der Waals surface area contributed by atoms with E-state index in [1.165, 1.54) is 41.7 Å². The summed E-state index contributed by atoms with van der Waals surface area (Å²) in [6, 6.07) is 12.2. The molecule has 0 bridgehead atoms. The zero-order valence-electron chi connectivity index (χ0n) is 14.3. The van der Waals surface area contributed by atoms with Crippen LogP contribution >= 0.6 is 22.9 Å². The Bertz CT molecular complexity index is 883. The minimum atomic E-state index is 0.679. The van der Waals surface area contributed by atoms with Gasteiger partial charge in [-0.25, -0.2) is 4.98 Å². The van der Waals surface area contributed by atoms with Crippen molar-refractivity contribution in [2.45, 2.75) is 39.2 Å². The molecule has 3 aromatic rings. The maximum Gasteiger partial charge on any atom is 0.126 e. The van der Waals surface area contributed by atoms with Gasteiger partial charge in [-0.1, -0.05) is 29.8 Å². The lowest BCUT2D eigenvalue weighted by molar-refractivity contribution is 0.698. The second-order valence-corrected chi connectivity index (χ2v) is 8.24. The SMILES string of the molecule is Cc1sc2c(c1-c1ccc(NCc3ccccc3Cl)nc1)CCCC2. The van der Waals surface area contributed by atoms with Crippen LogP contribution in [-0.4, -0.2) is 4.98 Å². The lowest BCUT2D eigenvalue weighted by Crippen LogP contribution is -2.02. The Hall–Kier alpha value is -1.84. The van der Waals surface area contributed by atoms with E-state index < -0.39 is 0 Å². The van der Waals surface area contributed by atoms with Gasteiger partial charge in [-0.3, -0.25) is 0 Å². The molecule has 0 amide bonds. The van der Waals surface area contributed by atoms with Crippen LogP contribution in [0.2, 0.25) is 5.02 Å². The van der Waals surface area contributed by atoms with Crippen molar-refractivity contribution >= 4 is 28.8 Å². The van der Waals surface area contributed by atoms with Gasteiger partial charge in [0.2, 0.25) is 0 Å². The topological polar surface area (TPSA) is 24.9 Å². The zero-order valence-corrected chi connectivity index (χ0v) is 15.9. The molecule has 2 aromatic heterocycles. The molecule has 25 heavy (non-hydrogen) atoms. The van der Waals surface area contributed by atoms with Crippen molar-refractivity contribution in [2.24, 2.45) is 0 Å². The van der Waals surface area contributed by atoms with E-state index >= 15 is 0 Å². The average molecular weight is 369 g/mol. The summed E-state index contributed by atoms with van der Waals surface area (Å²) in [4.78, 5) is 7.62. The van der Waals surface area contributed by atoms with Crippen LogP contribution in [0.5, 0.6) is 0 Å². The molecular weight excluding hydrogens is 348 g/mol. The summed E-state index contributed by atoms with van der Waals surface area (Å²) in [6.07, 6.45) is 7.09. The van der Waals surface area contributed by atoms with Crippen LogP contribution in [0, 0.1) is 6.92 Å². The average Bonchev–Trinajstić information content (AvgIpc) is 2.97. The number of thiophene rings is 1. The van der Waals surface area contributed by atoms with Gasteiger partial charge in [-0.2, -0.15) is 0 Å². The monoisotopic (exact) mass is 368 g/mol. The van der Waals surface area contributed by atoms with Crippen molar-refractivity contribution in [3.05, 3.63) is 68.5 Å². The second kappa shape index (κ2) is 7.19. The summed E-state index contributed by atoms with van der Waals surface area (Å²) < 4.78 is 0.